The number of nitrogens with zero attached hydrogens (tertiary/aromatic N) is 5. The van der Waals surface area contributed by atoms with Crippen LogP contribution < -0.4 is 5.32 Å². The van der Waals surface area contributed by atoms with E-state index in [0.29, 0.717) is 6.54 Å². The Bertz CT molecular complexity index is 643. The number of rotatable bonds is 3. The molecule has 86 valence electrons. The van der Waals surface area contributed by atoms with Crippen LogP contribution in [0.15, 0.2) is 24.4 Å². The van der Waals surface area contributed by atoms with Gasteiger partial charge in [0.1, 0.15) is 0 Å². The molecule has 6 nitrogen and oxygen atoms in total. The van der Waals surface area contributed by atoms with Gasteiger partial charge in [-0.2, -0.15) is 0 Å². The van der Waals surface area contributed by atoms with Crippen molar-refractivity contribution < 1.29 is 0 Å². The molecule has 0 amide bonds. The number of fused-ring (bicyclic) bond motifs is 1. The fourth-order valence-electron chi connectivity index (χ4n) is 1.61. The van der Waals surface area contributed by atoms with Crippen LogP contribution in [0.1, 0.15) is 5.69 Å². The first-order valence-electron chi connectivity index (χ1n) is 5.13. The number of aromatic nitrogens is 5. The first-order chi connectivity index (χ1) is 8.33. The van der Waals surface area contributed by atoms with Crippen molar-refractivity contribution in [3.05, 3.63) is 30.1 Å². The summed E-state index contributed by atoms with van der Waals surface area (Å²) in [6.45, 7) is 0.646. The van der Waals surface area contributed by atoms with Gasteiger partial charge in [0, 0.05) is 0 Å². The monoisotopic (exact) mass is 294 g/mol. The maximum atomic E-state index is 4.41. The van der Waals surface area contributed by atoms with E-state index in [-0.39, 0.29) is 15.0 Å². The quantitative estimate of drug-likeness (QED) is 0.709. The molecule has 0 aliphatic heterocycles. The Morgan fingerprint density at radius 2 is 2.29 bits per heavy atom. The predicted octanol–water partition coefficient (Wildman–Crippen LogP) is 0.427. The summed E-state index contributed by atoms with van der Waals surface area (Å²) >= 11 is 0.00662. The SMILES string of the molecule is Cn1cc(CNc2cccc3n[se]nc23)nn1. The second-order valence-corrected chi connectivity index (χ2v) is 4.78. The van der Waals surface area contributed by atoms with Crippen LogP contribution in [0.2, 0.25) is 0 Å². The van der Waals surface area contributed by atoms with Gasteiger partial charge in [-0.1, -0.05) is 0 Å². The molecule has 3 aromatic rings. The van der Waals surface area contributed by atoms with Crippen molar-refractivity contribution >= 4 is 31.7 Å². The van der Waals surface area contributed by atoms with E-state index in [1.807, 2.05) is 31.4 Å². The summed E-state index contributed by atoms with van der Waals surface area (Å²) in [4.78, 5) is 0. The van der Waals surface area contributed by atoms with Gasteiger partial charge < -0.3 is 0 Å². The fourth-order valence-corrected chi connectivity index (χ4v) is 2.76. The second kappa shape index (κ2) is 4.27. The van der Waals surface area contributed by atoms with Gasteiger partial charge in [-0.05, 0) is 0 Å². The average Bonchev–Trinajstić information content (AvgIpc) is 2.94. The maximum absolute atomic E-state index is 4.41. The van der Waals surface area contributed by atoms with E-state index in [1.54, 1.807) is 4.68 Å². The van der Waals surface area contributed by atoms with Crippen molar-refractivity contribution in [1.82, 2.24) is 23.0 Å². The van der Waals surface area contributed by atoms with Crippen LogP contribution in [0.3, 0.4) is 0 Å². The van der Waals surface area contributed by atoms with Crippen molar-refractivity contribution in [2.75, 3.05) is 5.32 Å². The number of anilines is 1. The summed E-state index contributed by atoms with van der Waals surface area (Å²) in [6, 6.07) is 5.98. The summed E-state index contributed by atoms with van der Waals surface area (Å²) in [5, 5.41) is 11.2. The first kappa shape index (κ1) is 10.4. The van der Waals surface area contributed by atoms with Crippen LogP contribution in [0.4, 0.5) is 5.69 Å². The van der Waals surface area contributed by atoms with Crippen LogP contribution in [0.5, 0.6) is 0 Å². The summed E-state index contributed by atoms with van der Waals surface area (Å²) in [6.07, 6.45) is 1.89. The zero-order valence-corrected chi connectivity index (χ0v) is 10.9. The van der Waals surface area contributed by atoms with Crippen LogP contribution in [0, 0.1) is 0 Å². The number of hydrogen-bond donors (Lipinski definition) is 1. The van der Waals surface area contributed by atoms with E-state index in [9.17, 15) is 0 Å². The molecule has 2 heterocycles. The van der Waals surface area contributed by atoms with Gasteiger partial charge >= 0.3 is 104 Å². The number of aryl methyl sites for hydroxylation is 1. The summed E-state index contributed by atoms with van der Waals surface area (Å²) in [7, 11) is 1.85. The predicted molar refractivity (Wildman–Crippen MR) is 64.8 cm³/mol. The number of hydrogen-bond acceptors (Lipinski definition) is 5. The van der Waals surface area contributed by atoms with Crippen LogP contribution in [-0.4, -0.2) is 37.9 Å². The first-order valence-corrected chi connectivity index (χ1v) is 6.66. The molecule has 0 aliphatic rings. The normalized spacial score (nSPS) is 10.9. The molecule has 0 atom stereocenters. The minimum atomic E-state index is 0.00662. The third-order valence-electron chi connectivity index (χ3n) is 2.40. The molecule has 0 fully saturated rings. The molecule has 7 heteroatoms. The molecule has 0 bridgehead atoms. The molecule has 0 spiro atoms. The average molecular weight is 293 g/mol. The Morgan fingerprint density at radius 3 is 3.12 bits per heavy atom. The van der Waals surface area contributed by atoms with Crippen LogP contribution >= 0.6 is 0 Å². The van der Waals surface area contributed by atoms with Gasteiger partial charge in [-0.25, -0.2) is 0 Å². The third-order valence-corrected chi connectivity index (χ3v) is 3.53. The van der Waals surface area contributed by atoms with Crippen molar-refractivity contribution in [2.24, 2.45) is 7.05 Å². The van der Waals surface area contributed by atoms with Gasteiger partial charge in [0.15, 0.2) is 0 Å². The van der Waals surface area contributed by atoms with E-state index in [1.165, 1.54) is 0 Å². The second-order valence-electron chi connectivity index (χ2n) is 3.67. The molecule has 2 aromatic heterocycles. The zero-order chi connectivity index (χ0) is 11.7. The van der Waals surface area contributed by atoms with Crippen molar-refractivity contribution in [3.63, 3.8) is 0 Å². The molecule has 0 saturated heterocycles. The Balaban J connectivity index is 1.83. The number of nitrogens with one attached hydrogen (secondary N) is 1. The van der Waals surface area contributed by atoms with Crippen molar-refractivity contribution in [2.45, 2.75) is 6.54 Å². The van der Waals surface area contributed by atoms with Gasteiger partial charge in [0.2, 0.25) is 0 Å². The van der Waals surface area contributed by atoms with Crippen molar-refractivity contribution in [1.29, 1.82) is 0 Å². The van der Waals surface area contributed by atoms with E-state index in [4.69, 9.17) is 0 Å². The van der Waals surface area contributed by atoms with Gasteiger partial charge in [0.05, 0.1) is 0 Å². The van der Waals surface area contributed by atoms with Crippen LogP contribution in [0.25, 0.3) is 11.0 Å². The minimum absolute atomic E-state index is 0.00662. The Kier molecular flexibility index (Phi) is 2.62. The third kappa shape index (κ3) is 2.07. The standard InChI is InChI=1S/C10H10N6Se/c1-16-6-7(12-15-16)5-11-8-3-2-4-9-10(8)14-17-13-9/h2-4,6,11H,5H2,1H3. The molecular weight excluding hydrogens is 283 g/mol. The molecule has 17 heavy (non-hydrogen) atoms. The molecule has 0 saturated carbocycles. The van der Waals surface area contributed by atoms with E-state index in [2.05, 4.69) is 23.6 Å². The van der Waals surface area contributed by atoms with Crippen molar-refractivity contribution in [3.8, 4) is 0 Å². The topological polar surface area (TPSA) is 68.5 Å². The van der Waals surface area contributed by atoms with E-state index >= 15 is 0 Å². The molecular formula is C10H10N6Se. The Labute approximate surface area is 104 Å². The molecule has 1 N–H and O–H groups in total. The molecule has 1 aromatic carbocycles. The van der Waals surface area contributed by atoms with Gasteiger partial charge in [0.25, 0.3) is 0 Å². The van der Waals surface area contributed by atoms with Gasteiger partial charge in [-0.15, -0.1) is 0 Å². The van der Waals surface area contributed by atoms with E-state index in [0.717, 1.165) is 22.4 Å². The molecule has 0 radical (unpaired) electrons. The van der Waals surface area contributed by atoms with Gasteiger partial charge in [-0.3, -0.25) is 0 Å². The Morgan fingerprint density at radius 1 is 1.35 bits per heavy atom. The van der Waals surface area contributed by atoms with E-state index < -0.39 is 0 Å². The number of benzene rings is 1. The summed E-state index contributed by atoms with van der Waals surface area (Å²) in [5.74, 6) is 0. The fraction of sp³-hybridized carbons (Fsp3) is 0.200. The molecule has 0 unspecified atom stereocenters. The molecule has 3 rings (SSSR count). The summed E-state index contributed by atoms with van der Waals surface area (Å²) in [5.41, 5.74) is 3.87. The zero-order valence-electron chi connectivity index (χ0n) is 9.16. The van der Waals surface area contributed by atoms with Crippen LogP contribution in [-0.2, 0) is 13.6 Å². The molecule has 0 aliphatic carbocycles. The Hall–Kier alpha value is -1.72. The summed E-state index contributed by atoms with van der Waals surface area (Å²) < 4.78 is 10.4.